The lowest BCUT2D eigenvalue weighted by Crippen LogP contribution is -2.30. The van der Waals surface area contributed by atoms with Crippen molar-refractivity contribution >= 4 is 11.7 Å². The number of benzene rings is 1. The van der Waals surface area contributed by atoms with Crippen molar-refractivity contribution < 1.29 is 19.1 Å². The van der Waals surface area contributed by atoms with E-state index in [2.05, 4.69) is 4.98 Å². The SMILES string of the molecule is Cc1ccc(C(=O)C2=C(O)C(=O)N(Cc3ccccc3)[C@H]2c2ccncc2)o1. The summed E-state index contributed by atoms with van der Waals surface area (Å²) in [6.45, 7) is 1.98. The van der Waals surface area contributed by atoms with E-state index in [-0.39, 0.29) is 17.9 Å². The molecule has 1 amide bonds. The maximum absolute atomic E-state index is 13.1. The van der Waals surface area contributed by atoms with Gasteiger partial charge >= 0.3 is 0 Å². The summed E-state index contributed by atoms with van der Waals surface area (Å²) in [7, 11) is 0. The van der Waals surface area contributed by atoms with E-state index in [4.69, 9.17) is 4.42 Å². The molecule has 4 rings (SSSR count). The fraction of sp³-hybridized carbons (Fsp3) is 0.136. The van der Waals surface area contributed by atoms with Gasteiger partial charge in [0.2, 0.25) is 5.78 Å². The van der Waals surface area contributed by atoms with Gasteiger partial charge in [-0.2, -0.15) is 0 Å². The van der Waals surface area contributed by atoms with Crippen LogP contribution in [0.2, 0.25) is 0 Å². The van der Waals surface area contributed by atoms with Crippen LogP contribution in [0.1, 0.15) is 33.5 Å². The molecule has 0 radical (unpaired) electrons. The van der Waals surface area contributed by atoms with E-state index in [9.17, 15) is 14.7 Å². The third kappa shape index (κ3) is 3.09. The van der Waals surface area contributed by atoms with Crippen LogP contribution in [0.3, 0.4) is 0 Å². The first-order chi connectivity index (χ1) is 13.6. The highest BCUT2D eigenvalue weighted by atomic mass is 16.3. The molecule has 2 aromatic heterocycles. The summed E-state index contributed by atoms with van der Waals surface area (Å²) in [6, 6.07) is 15.4. The second-order valence-corrected chi connectivity index (χ2v) is 6.60. The summed E-state index contributed by atoms with van der Waals surface area (Å²) in [5.41, 5.74) is 1.60. The third-order valence-corrected chi connectivity index (χ3v) is 4.73. The molecule has 28 heavy (non-hydrogen) atoms. The Balaban J connectivity index is 1.79. The minimum Gasteiger partial charge on any atom is -0.503 e. The minimum absolute atomic E-state index is 0.0153. The number of rotatable bonds is 5. The Hall–Kier alpha value is -3.67. The molecule has 1 N–H and O–H groups in total. The van der Waals surface area contributed by atoms with Gasteiger partial charge in [-0.1, -0.05) is 30.3 Å². The molecule has 0 saturated heterocycles. The smallest absolute Gasteiger partial charge is 0.290 e. The standard InChI is InChI=1S/C22H18N2O4/c1-14-7-8-17(28-14)20(25)18-19(16-9-11-23-12-10-16)24(22(27)21(18)26)13-15-5-3-2-4-6-15/h2-12,19,26H,13H2,1H3/t19-/m0/s1. The van der Waals surface area contributed by atoms with Gasteiger partial charge in [-0.25, -0.2) is 0 Å². The van der Waals surface area contributed by atoms with Gasteiger partial charge in [0.15, 0.2) is 11.5 Å². The molecule has 6 heteroatoms. The van der Waals surface area contributed by atoms with Gasteiger partial charge in [0.05, 0.1) is 11.6 Å². The molecule has 0 fully saturated rings. The van der Waals surface area contributed by atoms with Gasteiger partial charge in [0, 0.05) is 18.9 Å². The van der Waals surface area contributed by atoms with E-state index >= 15 is 0 Å². The minimum atomic E-state index is -0.728. The Labute approximate surface area is 161 Å². The molecule has 3 heterocycles. The fourth-order valence-electron chi connectivity index (χ4n) is 3.41. The molecule has 1 aromatic carbocycles. The topological polar surface area (TPSA) is 83.6 Å². The summed E-state index contributed by atoms with van der Waals surface area (Å²) in [6.07, 6.45) is 3.18. The number of hydrogen-bond donors (Lipinski definition) is 1. The number of aliphatic hydroxyl groups excluding tert-OH is 1. The number of ketones is 1. The summed E-state index contributed by atoms with van der Waals surface area (Å²) in [4.78, 5) is 31.5. The Bertz CT molecular complexity index is 1050. The number of carbonyl (C=O) groups is 2. The van der Waals surface area contributed by atoms with E-state index in [1.165, 1.54) is 4.90 Å². The largest absolute Gasteiger partial charge is 0.503 e. The van der Waals surface area contributed by atoms with Crippen molar-refractivity contribution in [3.63, 3.8) is 0 Å². The molecule has 0 spiro atoms. The van der Waals surface area contributed by atoms with Crippen molar-refractivity contribution in [2.45, 2.75) is 19.5 Å². The molecule has 6 nitrogen and oxygen atoms in total. The number of Topliss-reactive ketones (excluding diaryl/α,β-unsaturated/α-hetero) is 1. The second kappa shape index (κ2) is 7.15. The van der Waals surface area contributed by atoms with E-state index < -0.39 is 23.5 Å². The highest BCUT2D eigenvalue weighted by Gasteiger charge is 2.44. The number of furan rings is 1. The zero-order chi connectivity index (χ0) is 19.7. The molecule has 1 aliphatic heterocycles. The van der Waals surface area contributed by atoms with Gasteiger partial charge < -0.3 is 14.4 Å². The Morgan fingerprint density at radius 2 is 1.82 bits per heavy atom. The lowest BCUT2D eigenvalue weighted by Gasteiger charge is -2.26. The van der Waals surface area contributed by atoms with Crippen LogP contribution in [-0.4, -0.2) is 26.7 Å². The zero-order valence-corrected chi connectivity index (χ0v) is 15.2. The number of pyridine rings is 1. The van der Waals surface area contributed by atoms with Crippen LogP contribution in [0.5, 0.6) is 0 Å². The van der Waals surface area contributed by atoms with Crippen LogP contribution < -0.4 is 0 Å². The number of aliphatic hydroxyl groups is 1. The van der Waals surface area contributed by atoms with Crippen molar-refractivity contribution in [1.82, 2.24) is 9.88 Å². The lowest BCUT2D eigenvalue weighted by atomic mass is 9.95. The molecular weight excluding hydrogens is 356 g/mol. The monoisotopic (exact) mass is 374 g/mol. The van der Waals surface area contributed by atoms with Gasteiger partial charge in [-0.05, 0) is 42.3 Å². The van der Waals surface area contributed by atoms with E-state index in [0.717, 1.165) is 5.56 Å². The fourth-order valence-corrected chi connectivity index (χ4v) is 3.41. The second-order valence-electron chi connectivity index (χ2n) is 6.60. The number of amides is 1. The first-order valence-electron chi connectivity index (χ1n) is 8.85. The van der Waals surface area contributed by atoms with Gasteiger partial charge in [0.1, 0.15) is 5.76 Å². The van der Waals surface area contributed by atoms with Crippen molar-refractivity contribution in [2.75, 3.05) is 0 Å². The first kappa shape index (κ1) is 17.7. The number of aryl methyl sites for hydroxylation is 1. The molecule has 0 bridgehead atoms. The molecule has 0 unspecified atom stereocenters. The molecular formula is C22H18N2O4. The predicted octanol–water partition coefficient (Wildman–Crippen LogP) is 3.76. The Morgan fingerprint density at radius 3 is 2.46 bits per heavy atom. The van der Waals surface area contributed by atoms with Gasteiger partial charge in [-0.3, -0.25) is 14.6 Å². The summed E-state index contributed by atoms with van der Waals surface area (Å²) >= 11 is 0. The maximum atomic E-state index is 13.1. The average molecular weight is 374 g/mol. The van der Waals surface area contributed by atoms with Crippen LogP contribution in [0.4, 0.5) is 0 Å². The van der Waals surface area contributed by atoms with Crippen LogP contribution in [-0.2, 0) is 11.3 Å². The molecule has 1 aliphatic rings. The Morgan fingerprint density at radius 1 is 1.11 bits per heavy atom. The summed E-state index contributed by atoms with van der Waals surface area (Å²) in [5, 5.41) is 10.6. The first-order valence-corrected chi connectivity index (χ1v) is 8.85. The molecule has 3 aromatic rings. The van der Waals surface area contributed by atoms with Gasteiger partial charge in [-0.15, -0.1) is 0 Å². The quantitative estimate of drug-likeness (QED) is 0.688. The van der Waals surface area contributed by atoms with E-state index in [0.29, 0.717) is 11.3 Å². The summed E-state index contributed by atoms with van der Waals surface area (Å²) < 4.78 is 5.44. The molecule has 1 atom stereocenters. The van der Waals surface area contributed by atoms with Gasteiger partial charge in [0.25, 0.3) is 5.91 Å². The lowest BCUT2D eigenvalue weighted by molar-refractivity contribution is -0.130. The van der Waals surface area contributed by atoms with Crippen LogP contribution in [0.25, 0.3) is 0 Å². The van der Waals surface area contributed by atoms with Crippen molar-refractivity contribution in [3.8, 4) is 0 Å². The summed E-state index contributed by atoms with van der Waals surface area (Å²) in [5.74, 6) is -0.966. The number of aromatic nitrogens is 1. The normalized spacial score (nSPS) is 16.7. The zero-order valence-electron chi connectivity index (χ0n) is 15.2. The van der Waals surface area contributed by atoms with E-state index in [1.807, 2.05) is 30.3 Å². The third-order valence-electron chi connectivity index (χ3n) is 4.73. The van der Waals surface area contributed by atoms with Crippen LogP contribution in [0.15, 0.2) is 82.7 Å². The van der Waals surface area contributed by atoms with Crippen molar-refractivity contribution in [1.29, 1.82) is 0 Å². The number of carbonyl (C=O) groups excluding carboxylic acids is 2. The molecule has 0 aliphatic carbocycles. The molecule has 140 valence electrons. The highest BCUT2D eigenvalue weighted by Crippen LogP contribution is 2.39. The number of hydrogen-bond acceptors (Lipinski definition) is 5. The van der Waals surface area contributed by atoms with Crippen LogP contribution in [0, 0.1) is 6.92 Å². The number of nitrogens with zero attached hydrogens (tertiary/aromatic N) is 2. The van der Waals surface area contributed by atoms with Crippen molar-refractivity contribution in [3.05, 3.63) is 101 Å². The predicted molar refractivity (Wildman–Crippen MR) is 101 cm³/mol. The maximum Gasteiger partial charge on any atom is 0.290 e. The van der Waals surface area contributed by atoms with Crippen molar-refractivity contribution in [2.24, 2.45) is 0 Å². The highest BCUT2D eigenvalue weighted by molar-refractivity contribution is 6.15. The van der Waals surface area contributed by atoms with Crippen LogP contribution >= 0.6 is 0 Å². The molecule has 0 saturated carbocycles. The van der Waals surface area contributed by atoms with E-state index in [1.54, 1.807) is 43.6 Å². The average Bonchev–Trinajstić information content (AvgIpc) is 3.26. The Kier molecular flexibility index (Phi) is 4.53.